The van der Waals surface area contributed by atoms with Crippen molar-refractivity contribution in [2.75, 3.05) is 31.6 Å². The van der Waals surface area contributed by atoms with Crippen LogP contribution in [0.25, 0.3) is 0 Å². The monoisotopic (exact) mass is 233 g/mol. The number of nitrogens with one attached hydrogen (secondary N) is 1. The van der Waals surface area contributed by atoms with E-state index in [1.165, 1.54) is 12.8 Å². The van der Waals surface area contributed by atoms with Gasteiger partial charge in [0.25, 0.3) is 0 Å². The van der Waals surface area contributed by atoms with E-state index in [9.17, 15) is 4.79 Å². The Hall–Kier alpha value is -1.55. The van der Waals surface area contributed by atoms with Crippen LogP contribution in [0.3, 0.4) is 0 Å². The van der Waals surface area contributed by atoms with Crippen molar-refractivity contribution >= 4 is 11.8 Å². The van der Waals surface area contributed by atoms with Gasteiger partial charge in [0.2, 0.25) is 0 Å². The van der Waals surface area contributed by atoms with Gasteiger partial charge in [0.05, 0.1) is 0 Å². The molecule has 1 heterocycles. The Balaban J connectivity index is 1.64. The molecule has 1 aromatic rings. The zero-order chi connectivity index (χ0) is 11.9. The van der Waals surface area contributed by atoms with Crippen molar-refractivity contribution in [3.8, 4) is 0 Å². The van der Waals surface area contributed by atoms with Gasteiger partial charge < -0.3 is 4.74 Å². The van der Waals surface area contributed by atoms with Crippen molar-refractivity contribution in [3.05, 3.63) is 30.3 Å². The number of amides is 1. The predicted octanol–water partition coefficient (Wildman–Crippen LogP) is 2.13. The van der Waals surface area contributed by atoms with Crippen molar-refractivity contribution in [3.63, 3.8) is 0 Å². The largest absolute Gasteiger partial charge is 0.448 e. The van der Waals surface area contributed by atoms with Gasteiger partial charge in [0, 0.05) is 12.2 Å². The summed E-state index contributed by atoms with van der Waals surface area (Å²) >= 11 is 0. The first kappa shape index (κ1) is 11.9. The third-order valence-corrected chi connectivity index (χ3v) is 2.80. The first-order valence-electron chi connectivity index (χ1n) is 5.97. The Morgan fingerprint density at radius 2 is 2.06 bits per heavy atom. The van der Waals surface area contributed by atoms with Crippen molar-refractivity contribution in [2.24, 2.45) is 0 Å². The second-order valence-corrected chi connectivity index (χ2v) is 4.10. The number of nitrogens with zero attached hydrogens (tertiary/aromatic N) is 1. The summed E-state index contributed by atoms with van der Waals surface area (Å²) in [4.78, 5) is 13.7. The maximum atomic E-state index is 11.4. The third kappa shape index (κ3) is 4.07. The minimum absolute atomic E-state index is 0.393. The van der Waals surface area contributed by atoms with Crippen LogP contribution in [0.2, 0.25) is 0 Å². The fourth-order valence-electron chi connectivity index (χ4n) is 1.90. The SMILES string of the molecule is O=C(Nc1cc[c]cc1)OCCN1CCCC1. The summed E-state index contributed by atoms with van der Waals surface area (Å²) in [5, 5.41) is 2.67. The zero-order valence-electron chi connectivity index (χ0n) is 9.82. The average Bonchev–Trinajstić information content (AvgIpc) is 2.83. The summed E-state index contributed by atoms with van der Waals surface area (Å²) < 4.78 is 5.11. The molecule has 0 saturated carbocycles. The number of hydrogen-bond donors (Lipinski definition) is 1. The van der Waals surface area contributed by atoms with E-state index < -0.39 is 6.09 Å². The average molecular weight is 233 g/mol. The van der Waals surface area contributed by atoms with Gasteiger partial charge in [-0.3, -0.25) is 10.2 Å². The molecule has 0 aliphatic carbocycles. The topological polar surface area (TPSA) is 41.6 Å². The van der Waals surface area contributed by atoms with Crippen LogP contribution in [-0.2, 0) is 4.74 Å². The van der Waals surface area contributed by atoms with Gasteiger partial charge in [0.15, 0.2) is 0 Å². The molecule has 1 fully saturated rings. The molecule has 17 heavy (non-hydrogen) atoms. The van der Waals surface area contributed by atoms with E-state index in [0.29, 0.717) is 6.61 Å². The van der Waals surface area contributed by atoms with Gasteiger partial charge in [-0.15, -0.1) is 0 Å². The van der Waals surface area contributed by atoms with E-state index >= 15 is 0 Å². The summed E-state index contributed by atoms with van der Waals surface area (Å²) in [6, 6.07) is 9.95. The Kier molecular flexibility index (Phi) is 4.38. The van der Waals surface area contributed by atoms with Crippen LogP contribution in [-0.4, -0.2) is 37.2 Å². The standard InChI is InChI=1S/C13H17N2O2/c16-13(14-12-6-2-1-3-7-12)17-11-10-15-8-4-5-9-15/h2-3,6-7H,4-5,8-11H2,(H,14,16). The number of hydrogen-bond acceptors (Lipinski definition) is 3. The van der Waals surface area contributed by atoms with Crippen LogP contribution in [0.15, 0.2) is 24.3 Å². The lowest BCUT2D eigenvalue weighted by Gasteiger charge is -2.14. The van der Waals surface area contributed by atoms with Crippen LogP contribution >= 0.6 is 0 Å². The number of carbonyl (C=O) groups is 1. The number of anilines is 1. The Morgan fingerprint density at radius 3 is 2.76 bits per heavy atom. The van der Waals surface area contributed by atoms with Crippen LogP contribution in [0.4, 0.5) is 10.5 Å². The molecular weight excluding hydrogens is 216 g/mol. The fraction of sp³-hybridized carbons (Fsp3) is 0.462. The number of benzene rings is 1. The fourth-order valence-corrected chi connectivity index (χ4v) is 1.90. The van der Waals surface area contributed by atoms with E-state index in [1.807, 2.05) is 0 Å². The molecule has 0 aromatic heterocycles. The van der Waals surface area contributed by atoms with Crippen LogP contribution < -0.4 is 5.32 Å². The molecule has 1 amide bonds. The zero-order valence-corrected chi connectivity index (χ0v) is 9.82. The molecule has 1 radical (unpaired) electrons. The van der Waals surface area contributed by atoms with Gasteiger partial charge in [0.1, 0.15) is 6.61 Å². The Labute approximate surface area is 102 Å². The number of likely N-dealkylation sites (tertiary alicyclic amines) is 1. The summed E-state index contributed by atoms with van der Waals surface area (Å²) in [6.45, 7) is 3.53. The van der Waals surface area contributed by atoms with Crippen LogP contribution in [0.5, 0.6) is 0 Å². The highest BCUT2D eigenvalue weighted by atomic mass is 16.5. The number of carbonyl (C=O) groups excluding carboxylic acids is 1. The minimum Gasteiger partial charge on any atom is -0.448 e. The van der Waals surface area contributed by atoms with Crippen LogP contribution in [0, 0.1) is 6.07 Å². The Bertz CT molecular complexity index is 348. The molecule has 1 saturated heterocycles. The maximum absolute atomic E-state index is 11.4. The lowest BCUT2D eigenvalue weighted by molar-refractivity contribution is 0.146. The summed E-state index contributed by atoms with van der Waals surface area (Å²) in [6.07, 6.45) is 2.12. The first-order chi connectivity index (χ1) is 8.34. The van der Waals surface area contributed by atoms with E-state index in [0.717, 1.165) is 25.3 Å². The van der Waals surface area contributed by atoms with Crippen molar-refractivity contribution < 1.29 is 9.53 Å². The molecule has 1 aliphatic rings. The molecule has 0 bridgehead atoms. The second-order valence-electron chi connectivity index (χ2n) is 4.10. The molecular formula is C13H17N2O2. The molecule has 1 aliphatic heterocycles. The lowest BCUT2D eigenvalue weighted by Crippen LogP contribution is -2.26. The Morgan fingerprint density at radius 1 is 1.35 bits per heavy atom. The van der Waals surface area contributed by atoms with Crippen molar-refractivity contribution in [1.82, 2.24) is 4.90 Å². The van der Waals surface area contributed by atoms with E-state index in [-0.39, 0.29) is 0 Å². The quantitative estimate of drug-likeness (QED) is 0.866. The molecule has 4 heteroatoms. The highest BCUT2D eigenvalue weighted by molar-refractivity contribution is 5.84. The molecule has 1 N–H and O–H groups in total. The highest BCUT2D eigenvalue weighted by Crippen LogP contribution is 2.07. The first-order valence-corrected chi connectivity index (χ1v) is 5.97. The normalized spacial score (nSPS) is 15.8. The van der Waals surface area contributed by atoms with Crippen LogP contribution in [0.1, 0.15) is 12.8 Å². The predicted molar refractivity (Wildman–Crippen MR) is 65.9 cm³/mol. The third-order valence-electron chi connectivity index (χ3n) is 2.80. The smallest absolute Gasteiger partial charge is 0.411 e. The van der Waals surface area contributed by atoms with Gasteiger partial charge in [-0.25, -0.2) is 4.79 Å². The highest BCUT2D eigenvalue weighted by Gasteiger charge is 2.11. The molecule has 0 spiro atoms. The molecule has 2 rings (SSSR count). The second kappa shape index (κ2) is 6.25. The van der Waals surface area contributed by atoms with Gasteiger partial charge >= 0.3 is 6.09 Å². The minimum atomic E-state index is -0.393. The summed E-state index contributed by atoms with van der Waals surface area (Å²) in [7, 11) is 0. The lowest BCUT2D eigenvalue weighted by atomic mass is 10.3. The van der Waals surface area contributed by atoms with E-state index in [1.54, 1.807) is 24.3 Å². The van der Waals surface area contributed by atoms with Gasteiger partial charge in [-0.05, 0) is 44.1 Å². The van der Waals surface area contributed by atoms with Crippen molar-refractivity contribution in [2.45, 2.75) is 12.8 Å². The molecule has 1 aromatic carbocycles. The van der Waals surface area contributed by atoms with E-state index in [2.05, 4.69) is 16.3 Å². The molecule has 0 unspecified atom stereocenters. The van der Waals surface area contributed by atoms with E-state index in [4.69, 9.17) is 4.74 Å². The number of ether oxygens (including phenoxy) is 1. The number of rotatable bonds is 4. The molecule has 4 nitrogen and oxygen atoms in total. The van der Waals surface area contributed by atoms with Gasteiger partial charge in [-0.1, -0.05) is 12.1 Å². The van der Waals surface area contributed by atoms with Crippen molar-refractivity contribution in [1.29, 1.82) is 0 Å². The maximum Gasteiger partial charge on any atom is 0.411 e. The molecule has 0 atom stereocenters. The van der Waals surface area contributed by atoms with Gasteiger partial charge in [-0.2, -0.15) is 0 Å². The molecule has 91 valence electrons. The summed E-state index contributed by atoms with van der Waals surface area (Å²) in [5.74, 6) is 0. The summed E-state index contributed by atoms with van der Waals surface area (Å²) in [5.41, 5.74) is 0.731.